The largest absolute Gasteiger partial charge is 0.497 e. The first-order chi connectivity index (χ1) is 14.2. The Balaban J connectivity index is 1.77. The molecule has 0 spiro atoms. The molecule has 30 heavy (non-hydrogen) atoms. The Morgan fingerprint density at radius 2 is 1.70 bits per heavy atom. The van der Waals surface area contributed by atoms with Crippen LogP contribution in [0.15, 0.2) is 42.5 Å². The minimum absolute atomic E-state index is 0.354. The van der Waals surface area contributed by atoms with Crippen molar-refractivity contribution >= 4 is 21.6 Å². The molecule has 0 bridgehead atoms. The number of nitrogens with zero attached hydrogens (tertiary/aromatic N) is 1. The summed E-state index contributed by atoms with van der Waals surface area (Å²) < 4.78 is 42.2. The van der Waals surface area contributed by atoms with Crippen molar-refractivity contribution in [3.63, 3.8) is 0 Å². The highest BCUT2D eigenvalue weighted by atomic mass is 32.2. The van der Waals surface area contributed by atoms with E-state index in [0.29, 0.717) is 36.1 Å². The van der Waals surface area contributed by atoms with Crippen molar-refractivity contribution in [3.8, 4) is 17.2 Å². The Labute approximate surface area is 176 Å². The topological polar surface area (TPSA) is 94.2 Å². The summed E-state index contributed by atoms with van der Waals surface area (Å²) in [7, 11) is -2.17. The summed E-state index contributed by atoms with van der Waals surface area (Å²) in [6.07, 6.45) is 1.07. The van der Waals surface area contributed by atoms with E-state index in [-0.39, 0.29) is 6.04 Å². The number of carbonyl (C=O) groups excluding carboxylic acids is 1. The number of sulfonamides is 1. The minimum atomic E-state index is -3.70. The van der Waals surface area contributed by atoms with Crippen molar-refractivity contribution in [3.05, 3.63) is 48.0 Å². The van der Waals surface area contributed by atoms with E-state index >= 15 is 0 Å². The van der Waals surface area contributed by atoms with Gasteiger partial charge in [-0.25, -0.2) is 8.42 Å². The highest BCUT2D eigenvalue weighted by molar-refractivity contribution is 7.92. The smallest absolute Gasteiger partial charge is 0.244 e. The molecule has 0 aliphatic carbocycles. The molecule has 162 valence electrons. The summed E-state index contributed by atoms with van der Waals surface area (Å²) in [5.74, 6) is 1.47. The summed E-state index contributed by atoms with van der Waals surface area (Å²) in [6.45, 7) is 4.35. The molecule has 0 fully saturated rings. The van der Waals surface area contributed by atoms with E-state index in [1.54, 1.807) is 37.3 Å². The van der Waals surface area contributed by atoms with Gasteiger partial charge >= 0.3 is 0 Å². The molecule has 1 N–H and O–H groups in total. The third-order valence-electron chi connectivity index (χ3n) is 4.84. The van der Waals surface area contributed by atoms with Crippen LogP contribution in [0.3, 0.4) is 0 Å². The van der Waals surface area contributed by atoms with Crippen molar-refractivity contribution in [2.45, 2.75) is 25.9 Å². The van der Waals surface area contributed by atoms with E-state index in [1.807, 2.05) is 19.1 Å². The van der Waals surface area contributed by atoms with Crippen LogP contribution in [0, 0.1) is 0 Å². The van der Waals surface area contributed by atoms with E-state index in [9.17, 15) is 13.2 Å². The number of benzene rings is 2. The van der Waals surface area contributed by atoms with Crippen LogP contribution in [0.2, 0.25) is 0 Å². The number of nitrogens with one attached hydrogen (secondary N) is 1. The quantitative estimate of drug-likeness (QED) is 0.720. The molecule has 0 aromatic heterocycles. The van der Waals surface area contributed by atoms with Gasteiger partial charge in [0.25, 0.3) is 0 Å². The molecule has 1 amide bonds. The fraction of sp³-hybridized carbons (Fsp3) is 0.381. The van der Waals surface area contributed by atoms with Gasteiger partial charge < -0.3 is 19.5 Å². The molecule has 2 aromatic rings. The van der Waals surface area contributed by atoms with Crippen LogP contribution < -0.4 is 23.8 Å². The average Bonchev–Trinajstić information content (AvgIpc) is 2.72. The Morgan fingerprint density at radius 1 is 1.07 bits per heavy atom. The van der Waals surface area contributed by atoms with Gasteiger partial charge in [-0.2, -0.15) is 0 Å². The van der Waals surface area contributed by atoms with E-state index in [2.05, 4.69) is 5.32 Å². The van der Waals surface area contributed by atoms with Crippen molar-refractivity contribution in [1.82, 2.24) is 5.32 Å². The number of carbonyl (C=O) groups is 1. The number of ether oxygens (including phenoxy) is 3. The second kappa shape index (κ2) is 8.83. The predicted octanol–water partition coefficient (Wildman–Crippen LogP) is 2.50. The van der Waals surface area contributed by atoms with E-state index in [4.69, 9.17) is 14.2 Å². The fourth-order valence-electron chi connectivity index (χ4n) is 3.28. The van der Waals surface area contributed by atoms with Crippen LogP contribution in [0.5, 0.6) is 17.2 Å². The van der Waals surface area contributed by atoms with Crippen LogP contribution in [0.25, 0.3) is 0 Å². The van der Waals surface area contributed by atoms with Crippen LogP contribution in [-0.2, 0) is 14.8 Å². The van der Waals surface area contributed by atoms with Gasteiger partial charge in [0.2, 0.25) is 15.9 Å². The number of rotatable bonds is 7. The van der Waals surface area contributed by atoms with Crippen molar-refractivity contribution < 1.29 is 27.4 Å². The highest BCUT2D eigenvalue weighted by Crippen LogP contribution is 2.32. The highest BCUT2D eigenvalue weighted by Gasteiger charge is 2.30. The van der Waals surface area contributed by atoms with Gasteiger partial charge in [0.05, 0.1) is 25.1 Å². The molecule has 0 radical (unpaired) electrons. The molecule has 9 heteroatoms. The van der Waals surface area contributed by atoms with Gasteiger partial charge in [0, 0.05) is 0 Å². The van der Waals surface area contributed by atoms with Crippen LogP contribution >= 0.6 is 0 Å². The maximum atomic E-state index is 12.9. The first-order valence-corrected chi connectivity index (χ1v) is 11.4. The standard InChI is InChI=1S/C21H26N2O6S/c1-14(16-5-10-19-20(13-16)29-12-11-28-19)22-21(24)15(2)23(30(4,25)26)17-6-8-18(27-3)9-7-17/h5-10,13-15H,11-12H2,1-4H3,(H,22,24)/t14-,15+/m1/s1. The SMILES string of the molecule is COc1ccc(N([C@@H](C)C(=O)N[C@H](C)c2ccc3c(c2)OCCO3)S(C)(=O)=O)cc1. The fourth-order valence-corrected chi connectivity index (χ4v) is 4.46. The lowest BCUT2D eigenvalue weighted by Crippen LogP contribution is -2.48. The maximum Gasteiger partial charge on any atom is 0.244 e. The molecule has 8 nitrogen and oxygen atoms in total. The first-order valence-electron chi connectivity index (χ1n) is 9.54. The zero-order chi connectivity index (χ0) is 21.9. The first kappa shape index (κ1) is 21.8. The second-order valence-electron chi connectivity index (χ2n) is 7.07. The van der Waals surface area contributed by atoms with Gasteiger partial charge in [-0.3, -0.25) is 9.10 Å². The maximum absolute atomic E-state index is 12.9. The molecular formula is C21H26N2O6S. The number of hydrogen-bond donors (Lipinski definition) is 1. The number of hydrogen-bond acceptors (Lipinski definition) is 6. The van der Waals surface area contributed by atoms with Gasteiger partial charge in [-0.15, -0.1) is 0 Å². The molecule has 0 unspecified atom stereocenters. The van der Waals surface area contributed by atoms with Crippen molar-refractivity contribution in [1.29, 1.82) is 0 Å². The normalized spacial score (nSPS) is 15.1. The molecule has 3 rings (SSSR count). The third kappa shape index (κ3) is 4.79. The molecule has 1 aliphatic rings. The lowest BCUT2D eigenvalue weighted by Gasteiger charge is -2.29. The van der Waals surface area contributed by atoms with Gasteiger partial charge in [-0.05, 0) is 55.8 Å². The summed E-state index contributed by atoms with van der Waals surface area (Å²) in [5.41, 5.74) is 1.21. The third-order valence-corrected chi connectivity index (χ3v) is 6.08. The number of amides is 1. The van der Waals surface area contributed by atoms with Gasteiger partial charge in [0.1, 0.15) is 25.0 Å². The van der Waals surface area contributed by atoms with Gasteiger partial charge in [0.15, 0.2) is 11.5 Å². The summed E-state index contributed by atoms with van der Waals surface area (Å²) in [5, 5.41) is 2.88. The number of anilines is 1. The summed E-state index contributed by atoms with van der Waals surface area (Å²) in [4.78, 5) is 12.9. The van der Waals surface area contributed by atoms with E-state index in [0.717, 1.165) is 16.1 Å². The predicted molar refractivity (Wildman–Crippen MR) is 114 cm³/mol. The monoisotopic (exact) mass is 434 g/mol. The lowest BCUT2D eigenvalue weighted by atomic mass is 10.1. The summed E-state index contributed by atoms with van der Waals surface area (Å²) in [6, 6.07) is 10.7. The van der Waals surface area contributed by atoms with Crippen molar-refractivity contribution in [2.75, 3.05) is 30.9 Å². The van der Waals surface area contributed by atoms with E-state index < -0.39 is 22.0 Å². The summed E-state index contributed by atoms with van der Waals surface area (Å²) >= 11 is 0. The average molecular weight is 435 g/mol. The van der Waals surface area contributed by atoms with Crippen LogP contribution in [0.1, 0.15) is 25.5 Å². The van der Waals surface area contributed by atoms with Crippen LogP contribution in [-0.4, -0.2) is 46.9 Å². The Kier molecular flexibility index (Phi) is 6.40. The Hall–Kier alpha value is -2.94. The Bertz CT molecular complexity index is 1010. The molecule has 0 saturated heterocycles. The van der Waals surface area contributed by atoms with E-state index in [1.165, 1.54) is 7.11 Å². The molecule has 2 atom stereocenters. The zero-order valence-corrected chi connectivity index (χ0v) is 18.2. The number of methoxy groups -OCH3 is 1. The number of fused-ring (bicyclic) bond motifs is 1. The van der Waals surface area contributed by atoms with Gasteiger partial charge in [-0.1, -0.05) is 6.07 Å². The molecule has 1 heterocycles. The zero-order valence-electron chi connectivity index (χ0n) is 17.4. The van der Waals surface area contributed by atoms with Crippen molar-refractivity contribution in [2.24, 2.45) is 0 Å². The van der Waals surface area contributed by atoms with Crippen LogP contribution in [0.4, 0.5) is 5.69 Å². The second-order valence-corrected chi connectivity index (χ2v) is 8.93. The molecular weight excluding hydrogens is 408 g/mol. The molecule has 0 saturated carbocycles. The molecule has 1 aliphatic heterocycles. The Morgan fingerprint density at radius 3 is 2.30 bits per heavy atom. The lowest BCUT2D eigenvalue weighted by molar-refractivity contribution is -0.122. The molecule has 2 aromatic carbocycles. The minimum Gasteiger partial charge on any atom is -0.497 e.